The number of nitrogens with zero attached hydrogens (tertiary/aromatic N) is 1. The van der Waals surface area contributed by atoms with E-state index in [-0.39, 0.29) is 11.9 Å². The number of nitrogens with one attached hydrogen (secondary N) is 1. The van der Waals surface area contributed by atoms with Crippen LogP contribution in [0.15, 0.2) is 24.3 Å². The molecular weight excluding hydrogens is 320 g/mol. The van der Waals surface area contributed by atoms with Gasteiger partial charge in [0.05, 0.1) is 6.04 Å². The number of hydrogen-bond acceptors (Lipinski definition) is 4. The molecule has 2 fully saturated rings. The lowest BCUT2D eigenvalue weighted by molar-refractivity contribution is -0.162. The van der Waals surface area contributed by atoms with Crippen molar-refractivity contribution in [3.63, 3.8) is 0 Å². The molecule has 25 heavy (non-hydrogen) atoms. The Hall–Kier alpha value is -2.08. The van der Waals surface area contributed by atoms with Gasteiger partial charge in [-0.25, -0.2) is 4.79 Å². The van der Waals surface area contributed by atoms with Crippen LogP contribution in [0.25, 0.3) is 0 Å². The summed E-state index contributed by atoms with van der Waals surface area (Å²) in [6.07, 6.45) is 3.63. The molecule has 0 spiro atoms. The maximum atomic E-state index is 12.6. The van der Waals surface area contributed by atoms with Gasteiger partial charge in [0.1, 0.15) is 5.75 Å². The molecule has 6 heteroatoms. The number of aliphatic carboxylic acids is 1. The van der Waals surface area contributed by atoms with Crippen LogP contribution in [0.5, 0.6) is 5.75 Å². The van der Waals surface area contributed by atoms with Crippen molar-refractivity contribution >= 4 is 11.9 Å². The fourth-order valence-corrected chi connectivity index (χ4v) is 3.61. The minimum absolute atomic E-state index is 0.0922. The number of likely N-dealkylation sites (tertiary alicyclic amines) is 1. The van der Waals surface area contributed by atoms with Gasteiger partial charge >= 0.3 is 5.97 Å². The van der Waals surface area contributed by atoms with Gasteiger partial charge in [0.2, 0.25) is 11.5 Å². The Morgan fingerprint density at radius 3 is 2.56 bits per heavy atom. The number of benzene rings is 1. The molecule has 2 aliphatic rings. The van der Waals surface area contributed by atoms with E-state index >= 15 is 0 Å². The van der Waals surface area contributed by atoms with Gasteiger partial charge in [0.25, 0.3) is 0 Å². The molecule has 1 amide bonds. The summed E-state index contributed by atoms with van der Waals surface area (Å²) in [5, 5.41) is 13.0. The van der Waals surface area contributed by atoms with Crippen LogP contribution in [0.3, 0.4) is 0 Å². The van der Waals surface area contributed by atoms with Crippen molar-refractivity contribution < 1.29 is 19.4 Å². The van der Waals surface area contributed by atoms with Gasteiger partial charge in [0, 0.05) is 25.9 Å². The molecule has 6 nitrogen and oxygen atoms in total. The van der Waals surface area contributed by atoms with E-state index in [1.165, 1.54) is 0 Å². The van der Waals surface area contributed by atoms with Gasteiger partial charge < -0.3 is 20.1 Å². The summed E-state index contributed by atoms with van der Waals surface area (Å²) < 4.78 is 5.96. The zero-order chi connectivity index (χ0) is 17.9. The van der Waals surface area contributed by atoms with E-state index in [4.69, 9.17) is 4.74 Å². The first-order valence-electron chi connectivity index (χ1n) is 9.02. The number of carbonyl (C=O) groups is 2. The predicted molar refractivity (Wildman–Crippen MR) is 93.6 cm³/mol. The lowest BCUT2D eigenvalue weighted by Crippen LogP contribution is -2.57. The molecule has 0 aliphatic carbocycles. The number of aryl methyl sites for hydroxylation is 1. The largest absolute Gasteiger partial charge is 0.478 e. The molecule has 2 aliphatic heterocycles. The molecule has 1 atom stereocenters. The Balaban J connectivity index is 1.67. The smallest absolute Gasteiger partial charge is 0.348 e. The highest BCUT2D eigenvalue weighted by atomic mass is 16.5. The molecular formula is C19H26N2O4. The zero-order valence-corrected chi connectivity index (χ0v) is 14.7. The number of piperidine rings is 2. The van der Waals surface area contributed by atoms with E-state index in [9.17, 15) is 14.7 Å². The zero-order valence-electron chi connectivity index (χ0n) is 14.7. The topological polar surface area (TPSA) is 78.9 Å². The molecule has 3 rings (SSSR count). The first kappa shape index (κ1) is 17.7. The predicted octanol–water partition coefficient (Wildman–Crippen LogP) is 1.96. The average molecular weight is 346 g/mol. The minimum atomic E-state index is -1.26. The van der Waals surface area contributed by atoms with E-state index in [1.54, 1.807) is 11.0 Å². The summed E-state index contributed by atoms with van der Waals surface area (Å²) in [6.45, 7) is 3.60. The van der Waals surface area contributed by atoms with E-state index < -0.39 is 11.6 Å². The Morgan fingerprint density at radius 2 is 1.96 bits per heavy atom. The maximum absolute atomic E-state index is 12.6. The summed E-state index contributed by atoms with van der Waals surface area (Å²) in [5.74, 6) is -0.271. The van der Waals surface area contributed by atoms with Crippen molar-refractivity contribution in [2.45, 2.75) is 50.7 Å². The van der Waals surface area contributed by atoms with Crippen LogP contribution in [-0.4, -0.2) is 53.2 Å². The van der Waals surface area contributed by atoms with E-state index in [0.717, 1.165) is 31.4 Å². The number of hydrogen-bond donors (Lipinski definition) is 2. The Labute approximate surface area is 148 Å². The van der Waals surface area contributed by atoms with Crippen molar-refractivity contribution in [2.24, 2.45) is 0 Å². The molecule has 136 valence electrons. The molecule has 0 radical (unpaired) electrons. The molecule has 1 unspecified atom stereocenters. The van der Waals surface area contributed by atoms with Crippen LogP contribution in [0.2, 0.25) is 0 Å². The first-order valence-corrected chi connectivity index (χ1v) is 9.02. The summed E-state index contributed by atoms with van der Waals surface area (Å²) in [4.78, 5) is 26.3. The number of para-hydroxylation sites is 1. The third kappa shape index (κ3) is 3.79. The standard InChI is InChI=1S/C19H26N2O4/c1-14-6-2-3-8-16(14)25-19(18(23)24)9-12-21(13-10-19)17(22)15-7-4-5-11-20-15/h2-3,6,8,15,20H,4-5,7,9-13H2,1H3,(H,23,24). The van der Waals surface area contributed by atoms with Crippen LogP contribution >= 0.6 is 0 Å². The highest BCUT2D eigenvalue weighted by Crippen LogP contribution is 2.31. The minimum Gasteiger partial charge on any atom is -0.478 e. The van der Waals surface area contributed by atoms with Crippen molar-refractivity contribution in [2.75, 3.05) is 19.6 Å². The summed E-state index contributed by atoms with van der Waals surface area (Å²) in [6, 6.07) is 7.31. The number of amides is 1. The Kier molecular flexibility index (Phi) is 5.27. The second kappa shape index (κ2) is 7.44. The molecule has 1 aromatic carbocycles. The quantitative estimate of drug-likeness (QED) is 0.871. The lowest BCUT2D eigenvalue weighted by Gasteiger charge is -2.40. The summed E-state index contributed by atoms with van der Waals surface area (Å²) in [5.41, 5.74) is -0.351. The van der Waals surface area contributed by atoms with Crippen LogP contribution < -0.4 is 10.1 Å². The molecule has 0 saturated carbocycles. The molecule has 0 aromatic heterocycles. The normalized spacial score (nSPS) is 23.1. The molecule has 2 N–H and O–H groups in total. The fourth-order valence-electron chi connectivity index (χ4n) is 3.61. The van der Waals surface area contributed by atoms with Crippen LogP contribution in [0.1, 0.15) is 37.7 Å². The van der Waals surface area contributed by atoms with Gasteiger partial charge in [0.15, 0.2) is 0 Å². The Bertz CT molecular complexity index is 632. The van der Waals surface area contributed by atoms with E-state index in [2.05, 4.69) is 5.32 Å². The van der Waals surface area contributed by atoms with Crippen molar-refractivity contribution in [1.29, 1.82) is 0 Å². The fraction of sp³-hybridized carbons (Fsp3) is 0.579. The number of carboxylic acid groups (broad SMARTS) is 1. The lowest BCUT2D eigenvalue weighted by atomic mass is 9.90. The summed E-state index contributed by atoms with van der Waals surface area (Å²) >= 11 is 0. The van der Waals surface area contributed by atoms with E-state index in [0.29, 0.717) is 31.7 Å². The summed E-state index contributed by atoms with van der Waals surface area (Å²) in [7, 11) is 0. The van der Waals surface area contributed by atoms with Crippen molar-refractivity contribution in [1.82, 2.24) is 10.2 Å². The van der Waals surface area contributed by atoms with Crippen molar-refractivity contribution in [3.05, 3.63) is 29.8 Å². The molecule has 2 heterocycles. The van der Waals surface area contributed by atoms with E-state index in [1.807, 2.05) is 25.1 Å². The van der Waals surface area contributed by atoms with Gasteiger partial charge in [-0.15, -0.1) is 0 Å². The maximum Gasteiger partial charge on any atom is 0.348 e. The van der Waals surface area contributed by atoms with Gasteiger partial charge in [-0.05, 0) is 37.9 Å². The second-order valence-corrected chi connectivity index (χ2v) is 6.99. The SMILES string of the molecule is Cc1ccccc1OC1(C(=O)O)CCN(C(=O)C2CCCCN2)CC1. The second-order valence-electron chi connectivity index (χ2n) is 6.99. The first-order chi connectivity index (χ1) is 12.0. The van der Waals surface area contributed by atoms with Crippen LogP contribution in [-0.2, 0) is 9.59 Å². The Morgan fingerprint density at radius 1 is 1.24 bits per heavy atom. The average Bonchev–Trinajstić information content (AvgIpc) is 2.64. The molecule has 0 bridgehead atoms. The van der Waals surface area contributed by atoms with Gasteiger partial charge in [-0.1, -0.05) is 24.6 Å². The van der Waals surface area contributed by atoms with Crippen molar-refractivity contribution in [3.8, 4) is 5.75 Å². The number of ether oxygens (including phenoxy) is 1. The number of carboxylic acids is 1. The van der Waals surface area contributed by atoms with Gasteiger partial charge in [-0.3, -0.25) is 4.79 Å². The molecule has 1 aromatic rings. The highest BCUT2D eigenvalue weighted by molar-refractivity contribution is 5.83. The van der Waals surface area contributed by atoms with Crippen LogP contribution in [0.4, 0.5) is 0 Å². The monoisotopic (exact) mass is 346 g/mol. The third-order valence-corrected chi connectivity index (χ3v) is 5.28. The van der Waals surface area contributed by atoms with Gasteiger partial charge in [-0.2, -0.15) is 0 Å². The van der Waals surface area contributed by atoms with Crippen LogP contribution in [0, 0.1) is 6.92 Å². The molecule has 2 saturated heterocycles. The highest BCUT2D eigenvalue weighted by Gasteiger charge is 2.45. The number of carbonyl (C=O) groups excluding carboxylic acids is 1. The number of rotatable bonds is 4. The third-order valence-electron chi connectivity index (χ3n) is 5.28.